The van der Waals surface area contributed by atoms with Crippen molar-refractivity contribution in [1.82, 2.24) is 9.97 Å². The number of para-hydroxylation sites is 1. The number of fused-ring (bicyclic) bond motifs is 4. The molecular weight excluding hydrogens is 344 g/mol. The van der Waals surface area contributed by atoms with E-state index in [1.54, 1.807) is 25.6 Å². The van der Waals surface area contributed by atoms with Crippen LogP contribution in [0.2, 0.25) is 0 Å². The predicted octanol–water partition coefficient (Wildman–Crippen LogP) is 5.62. The number of nitrogens with one attached hydrogen (secondary N) is 1. The molecule has 0 bridgehead atoms. The van der Waals surface area contributed by atoms with E-state index in [0.29, 0.717) is 0 Å². The number of nitrogens with zero attached hydrogens (tertiary/aromatic N) is 1. The van der Waals surface area contributed by atoms with Gasteiger partial charge in [-0.3, -0.25) is 0 Å². The fraction of sp³-hybridized carbons (Fsp3) is 0.0952. The Hall–Kier alpha value is -3.05. The molecule has 0 saturated carbocycles. The van der Waals surface area contributed by atoms with Crippen LogP contribution in [-0.4, -0.2) is 24.2 Å². The highest BCUT2D eigenvalue weighted by Crippen LogP contribution is 2.40. The minimum absolute atomic E-state index is 0.815. The van der Waals surface area contributed by atoms with Crippen molar-refractivity contribution in [3.8, 4) is 22.1 Å². The Morgan fingerprint density at radius 2 is 1.69 bits per heavy atom. The van der Waals surface area contributed by atoms with E-state index in [9.17, 15) is 0 Å². The Morgan fingerprint density at radius 3 is 2.50 bits per heavy atom. The lowest BCUT2D eigenvalue weighted by Gasteiger charge is -2.05. The first-order chi connectivity index (χ1) is 12.8. The Labute approximate surface area is 154 Å². The lowest BCUT2D eigenvalue weighted by Crippen LogP contribution is -1.86. The number of aromatic nitrogens is 2. The highest BCUT2D eigenvalue weighted by Gasteiger charge is 2.16. The molecule has 5 heteroatoms. The summed E-state index contributed by atoms with van der Waals surface area (Å²) in [6, 6.07) is 18.4. The van der Waals surface area contributed by atoms with Gasteiger partial charge >= 0.3 is 0 Å². The first kappa shape index (κ1) is 15.2. The van der Waals surface area contributed by atoms with E-state index in [1.165, 1.54) is 4.70 Å². The third-order valence-corrected chi connectivity index (χ3v) is 5.72. The minimum Gasteiger partial charge on any atom is -0.497 e. The van der Waals surface area contributed by atoms with Gasteiger partial charge in [0, 0.05) is 21.9 Å². The molecule has 4 nitrogen and oxygen atoms in total. The summed E-state index contributed by atoms with van der Waals surface area (Å²) < 4.78 is 12.1. The molecule has 0 radical (unpaired) electrons. The second-order valence-electron chi connectivity index (χ2n) is 6.12. The number of benzene rings is 3. The highest BCUT2D eigenvalue weighted by atomic mass is 32.1. The fourth-order valence-corrected chi connectivity index (χ4v) is 4.34. The van der Waals surface area contributed by atoms with Crippen molar-refractivity contribution in [2.24, 2.45) is 0 Å². The van der Waals surface area contributed by atoms with Crippen molar-refractivity contribution in [3.63, 3.8) is 0 Å². The van der Waals surface area contributed by atoms with E-state index in [4.69, 9.17) is 14.5 Å². The summed E-state index contributed by atoms with van der Waals surface area (Å²) in [5, 5.41) is 3.20. The van der Waals surface area contributed by atoms with E-state index in [-0.39, 0.29) is 0 Å². The molecule has 0 amide bonds. The molecule has 0 spiro atoms. The number of methoxy groups -OCH3 is 2. The normalized spacial score (nSPS) is 11.5. The molecule has 0 unspecified atom stereocenters. The minimum atomic E-state index is 0.815. The van der Waals surface area contributed by atoms with E-state index in [2.05, 4.69) is 23.2 Å². The smallest absolute Gasteiger partial charge is 0.126 e. The molecule has 2 heterocycles. The van der Waals surface area contributed by atoms with Crippen LogP contribution in [0.1, 0.15) is 0 Å². The third-order valence-electron chi connectivity index (χ3n) is 4.65. The van der Waals surface area contributed by atoms with Crippen molar-refractivity contribution in [2.75, 3.05) is 14.2 Å². The van der Waals surface area contributed by atoms with Crippen LogP contribution in [0.4, 0.5) is 0 Å². The van der Waals surface area contributed by atoms with Crippen LogP contribution in [0.25, 0.3) is 42.6 Å². The lowest BCUT2D eigenvalue weighted by molar-refractivity contribution is 0.415. The number of ether oxygens (including phenoxy) is 2. The van der Waals surface area contributed by atoms with Crippen molar-refractivity contribution in [2.45, 2.75) is 0 Å². The summed E-state index contributed by atoms with van der Waals surface area (Å²) in [5.41, 5.74) is 4.20. The highest BCUT2D eigenvalue weighted by molar-refractivity contribution is 7.21. The number of thiazole rings is 1. The lowest BCUT2D eigenvalue weighted by atomic mass is 10.1. The Kier molecular flexibility index (Phi) is 3.36. The number of hydrogen-bond donors (Lipinski definition) is 1. The van der Waals surface area contributed by atoms with Gasteiger partial charge in [0.2, 0.25) is 0 Å². The standard InChI is InChI=1S/C21H16N2O2S/c1-24-12-7-8-17-14(9-12)15-10-13(25-2)11-16(20(15)22-17)21-23-18-5-3-4-6-19(18)26-21/h3-11,22H,1-2H3. The zero-order valence-electron chi connectivity index (χ0n) is 14.4. The molecule has 5 aromatic rings. The van der Waals surface area contributed by atoms with Gasteiger partial charge in [0.25, 0.3) is 0 Å². The van der Waals surface area contributed by atoms with Crippen LogP contribution in [0.5, 0.6) is 11.5 Å². The number of hydrogen-bond acceptors (Lipinski definition) is 4. The van der Waals surface area contributed by atoms with Gasteiger partial charge in [0.15, 0.2) is 0 Å². The van der Waals surface area contributed by atoms with Crippen molar-refractivity contribution < 1.29 is 9.47 Å². The number of rotatable bonds is 3. The van der Waals surface area contributed by atoms with E-state index in [1.807, 2.05) is 36.4 Å². The Bertz CT molecular complexity index is 1240. The summed E-state index contributed by atoms with van der Waals surface area (Å²) in [6.45, 7) is 0. The van der Waals surface area contributed by atoms with E-state index < -0.39 is 0 Å². The molecule has 3 aromatic carbocycles. The summed E-state index contributed by atoms with van der Waals surface area (Å²) in [7, 11) is 3.38. The molecule has 0 atom stereocenters. The van der Waals surface area contributed by atoms with Crippen molar-refractivity contribution in [3.05, 3.63) is 54.6 Å². The number of H-pyrrole nitrogens is 1. The monoisotopic (exact) mass is 360 g/mol. The summed E-state index contributed by atoms with van der Waals surface area (Å²) in [5.74, 6) is 1.65. The Balaban J connectivity index is 1.86. The average molecular weight is 360 g/mol. The molecule has 0 aliphatic carbocycles. The van der Waals surface area contributed by atoms with Gasteiger partial charge < -0.3 is 14.5 Å². The maximum atomic E-state index is 5.57. The van der Waals surface area contributed by atoms with Gasteiger partial charge in [-0.25, -0.2) is 4.98 Å². The van der Waals surface area contributed by atoms with Gasteiger partial charge in [-0.2, -0.15) is 0 Å². The quantitative estimate of drug-likeness (QED) is 0.454. The van der Waals surface area contributed by atoms with E-state index >= 15 is 0 Å². The van der Waals surface area contributed by atoms with Crippen LogP contribution >= 0.6 is 11.3 Å². The SMILES string of the molecule is COc1ccc2[nH]c3c(-c4nc5ccccc5s4)cc(OC)cc3c2c1. The second kappa shape index (κ2) is 5.75. The van der Waals surface area contributed by atoms with Gasteiger partial charge in [-0.15, -0.1) is 11.3 Å². The molecule has 26 heavy (non-hydrogen) atoms. The fourth-order valence-electron chi connectivity index (χ4n) is 3.35. The maximum absolute atomic E-state index is 5.57. The summed E-state index contributed by atoms with van der Waals surface area (Å²) >= 11 is 1.69. The van der Waals surface area contributed by atoms with Crippen LogP contribution in [-0.2, 0) is 0 Å². The van der Waals surface area contributed by atoms with Gasteiger partial charge in [-0.05, 0) is 42.5 Å². The van der Waals surface area contributed by atoms with Gasteiger partial charge in [0.05, 0.1) is 30.0 Å². The molecular formula is C21H16N2O2S. The van der Waals surface area contributed by atoms with Gasteiger partial charge in [-0.1, -0.05) is 12.1 Å². The van der Waals surface area contributed by atoms with Crippen LogP contribution in [0, 0.1) is 0 Å². The first-order valence-corrected chi connectivity index (χ1v) is 9.12. The molecule has 0 saturated heterocycles. The molecule has 0 aliphatic heterocycles. The van der Waals surface area contributed by atoms with Crippen LogP contribution in [0.15, 0.2) is 54.6 Å². The molecule has 0 fully saturated rings. The van der Waals surface area contributed by atoms with Crippen LogP contribution in [0.3, 0.4) is 0 Å². The van der Waals surface area contributed by atoms with Gasteiger partial charge in [0.1, 0.15) is 16.5 Å². The molecule has 5 rings (SSSR count). The van der Waals surface area contributed by atoms with Crippen molar-refractivity contribution in [1.29, 1.82) is 0 Å². The summed E-state index contributed by atoms with van der Waals surface area (Å²) in [4.78, 5) is 8.38. The number of aromatic amines is 1. The maximum Gasteiger partial charge on any atom is 0.126 e. The molecule has 2 aromatic heterocycles. The average Bonchev–Trinajstić information content (AvgIpc) is 3.27. The molecule has 0 aliphatic rings. The Morgan fingerprint density at radius 1 is 0.885 bits per heavy atom. The topological polar surface area (TPSA) is 47.1 Å². The molecule has 1 N–H and O–H groups in total. The zero-order valence-corrected chi connectivity index (χ0v) is 15.2. The zero-order chi connectivity index (χ0) is 17.7. The summed E-state index contributed by atoms with van der Waals surface area (Å²) in [6.07, 6.45) is 0. The van der Waals surface area contributed by atoms with E-state index in [0.717, 1.165) is 49.4 Å². The third kappa shape index (κ3) is 2.24. The second-order valence-corrected chi connectivity index (χ2v) is 7.15. The van der Waals surface area contributed by atoms with Crippen molar-refractivity contribution >= 4 is 43.4 Å². The largest absolute Gasteiger partial charge is 0.497 e. The van der Waals surface area contributed by atoms with Crippen LogP contribution < -0.4 is 9.47 Å². The first-order valence-electron chi connectivity index (χ1n) is 8.30. The predicted molar refractivity (Wildman–Crippen MR) is 108 cm³/mol. The molecule has 128 valence electrons.